The first kappa shape index (κ1) is 17.9. The first-order valence-electron chi connectivity index (χ1n) is 8.51. The van der Waals surface area contributed by atoms with Gasteiger partial charge in [0.1, 0.15) is 11.4 Å². The summed E-state index contributed by atoms with van der Waals surface area (Å²) in [6.45, 7) is 0. The monoisotopic (exact) mass is 391 g/mol. The van der Waals surface area contributed by atoms with Crippen LogP contribution in [0.15, 0.2) is 60.1 Å². The molecule has 8 heteroatoms. The molecule has 0 atom stereocenters. The lowest BCUT2D eigenvalue weighted by Crippen LogP contribution is -2.12. The second kappa shape index (κ2) is 7.61. The third kappa shape index (κ3) is 3.63. The van der Waals surface area contributed by atoms with Gasteiger partial charge in [0.2, 0.25) is 0 Å². The normalized spacial score (nSPS) is 10.6. The van der Waals surface area contributed by atoms with Crippen molar-refractivity contribution in [2.24, 2.45) is 7.05 Å². The zero-order valence-electron chi connectivity index (χ0n) is 15.3. The number of carbonyl (C=O) groups excluding carboxylic acids is 1. The fourth-order valence-corrected chi connectivity index (χ4v) is 3.43. The van der Waals surface area contributed by atoms with Crippen molar-refractivity contribution in [3.05, 3.63) is 65.8 Å². The number of ether oxygens (including phenoxy) is 1. The number of nitrogens with zero attached hydrogens (tertiary/aromatic N) is 4. The summed E-state index contributed by atoms with van der Waals surface area (Å²) in [6.07, 6.45) is 1.71. The van der Waals surface area contributed by atoms with Crippen LogP contribution < -0.4 is 10.1 Å². The van der Waals surface area contributed by atoms with Crippen molar-refractivity contribution in [1.29, 1.82) is 0 Å². The second-order valence-electron chi connectivity index (χ2n) is 5.97. The largest absolute Gasteiger partial charge is 0.497 e. The van der Waals surface area contributed by atoms with Crippen LogP contribution in [0.1, 0.15) is 10.5 Å². The maximum absolute atomic E-state index is 12.6. The SMILES string of the molecule is COc1ccc(-c2cc(C(=O)Nc3nc(-c4ccccn4)cs3)nn2C)cc1. The number of carbonyl (C=O) groups is 1. The van der Waals surface area contributed by atoms with Crippen LogP contribution in [-0.2, 0) is 7.05 Å². The summed E-state index contributed by atoms with van der Waals surface area (Å²) in [6, 6.07) is 15.0. The smallest absolute Gasteiger partial charge is 0.277 e. The van der Waals surface area contributed by atoms with Crippen LogP contribution in [0.5, 0.6) is 5.75 Å². The van der Waals surface area contributed by atoms with E-state index >= 15 is 0 Å². The number of methoxy groups -OCH3 is 1. The molecule has 0 saturated heterocycles. The number of aryl methyl sites for hydroxylation is 1. The van der Waals surface area contributed by atoms with E-state index in [4.69, 9.17) is 4.74 Å². The molecule has 1 N–H and O–H groups in total. The van der Waals surface area contributed by atoms with E-state index in [0.29, 0.717) is 10.8 Å². The summed E-state index contributed by atoms with van der Waals surface area (Å²) in [5, 5.41) is 9.49. The molecule has 28 heavy (non-hydrogen) atoms. The Balaban J connectivity index is 1.52. The molecule has 0 aliphatic heterocycles. The summed E-state index contributed by atoms with van der Waals surface area (Å²) in [5.74, 6) is 0.466. The molecular formula is C20H17N5O2S. The molecule has 1 aromatic carbocycles. The summed E-state index contributed by atoms with van der Waals surface area (Å²) in [5.41, 5.74) is 3.59. The van der Waals surface area contributed by atoms with Crippen LogP contribution >= 0.6 is 11.3 Å². The van der Waals surface area contributed by atoms with Crippen LogP contribution in [0.25, 0.3) is 22.6 Å². The molecule has 7 nitrogen and oxygen atoms in total. The fraction of sp³-hybridized carbons (Fsp3) is 0.100. The second-order valence-corrected chi connectivity index (χ2v) is 6.83. The van der Waals surface area contributed by atoms with Gasteiger partial charge in [0.25, 0.3) is 5.91 Å². The maximum Gasteiger partial charge on any atom is 0.277 e. The molecule has 0 bridgehead atoms. The molecule has 1 amide bonds. The standard InChI is InChI=1S/C20H17N5O2S/c1-25-18(13-6-8-14(27-2)9-7-13)11-16(24-25)19(26)23-20-22-17(12-28-20)15-5-3-4-10-21-15/h3-12H,1-2H3,(H,22,23,26). The van der Waals surface area contributed by atoms with Gasteiger partial charge in [0.15, 0.2) is 10.8 Å². The zero-order chi connectivity index (χ0) is 19.5. The minimum Gasteiger partial charge on any atom is -0.497 e. The van der Waals surface area contributed by atoms with E-state index in [1.807, 2.05) is 47.8 Å². The summed E-state index contributed by atoms with van der Waals surface area (Å²) >= 11 is 1.35. The number of anilines is 1. The van der Waals surface area contributed by atoms with Crippen LogP contribution in [0, 0.1) is 0 Å². The predicted octanol–water partition coefficient (Wildman–Crippen LogP) is 3.87. The van der Waals surface area contributed by atoms with Gasteiger partial charge in [-0.15, -0.1) is 11.3 Å². The molecule has 3 aromatic heterocycles. The minimum absolute atomic E-state index is 0.308. The lowest BCUT2D eigenvalue weighted by Gasteiger charge is -2.03. The number of amides is 1. The molecule has 0 fully saturated rings. The Morgan fingerprint density at radius 1 is 1.14 bits per heavy atom. The third-order valence-corrected chi connectivity index (χ3v) is 4.91. The number of pyridine rings is 1. The Morgan fingerprint density at radius 3 is 2.68 bits per heavy atom. The number of aromatic nitrogens is 4. The van der Waals surface area contributed by atoms with Crippen LogP contribution in [0.2, 0.25) is 0 Å². The van der Waals surface area contributed by atoms with Crippen LogP contribution in [-0.4, -0.2) is 32.8 Å². The number of hydrogen-bond acceptors (Lipinski definition) is 6. The average Bonchev–Trinajstić information content (AvgIpc) is 3.35. The summed E-state index contributed by atoms with van der Waals surface area (Å²) in [4.78, 5) is 21.3. The van der Waals surface area contributed by atoms with Gasteiger partial charge in [0.05, 0.1) is 18.5 Å². The maximum atomic E-state index is 12.6. The van der Waals surface area contributed by atoms with E-state index in [0.717, 1.165) is 28.4 Å². The summed E-state index contributed by atoms with van der Waals surface area (Å²) in [7, 11) is 3.43. The Hall–Kier alpha value is -3.52. The van der Waals surface area contributed by atoms with Gasteiger partial charge < -0.3 is 4.74 Å². The molecule has 0 aliphatic carbocycles. The number of nitrogens with one attached hydrogen (secondary N) is 1. The third-order valence-electron chi connectivity index (χ3n) is 4.15. The van der Waals surface area contributed by atoms with Crippen molar-refractivity contribution in [2.45, 2.75) is 0 Å². The van der Waals surface area contributed by atoms with E-state index in [1.54, 1.807) is 31.1 Å². The molecule has 0 unspecified atom stereocenters. The molecule has 4 rings (SSSR count). The number of thiazole rings is 1. The van der Waals surface area contributed by atoms with Crippen LogP contribution in [0.3, 0.4) is 0 Å². The first-order chi connectivity index (χ1) is 13.6. The van der Waals surface area contributed by atoms with Gasteiger partial charge in [0, 0.05) is 24.2 Å². The van der Waals surface area contributed by atoms with E-state index in [1.165, 1.54) is 11.3 Å². The van der Waals surface area contributed by atoms with Crippen molar-refractivity contribution in [3.63, 3.8) is 0 Å². The summed E-state index contributed by atoms with van der Waals surface area (Å²) < 4.78 is 6.86. The minimum atomic E-state index is -0.308. The zero-order valence-corrected chi connectivity index (χ0v) is 16.1. The Bertz CT molecular complexity index is 1100. The highest BCUT2D eigenvalue weighted by atomic mass is 32.1. The predicted molar refractivity (Wildman–Crippen MR) is 108 cm³/mol. The van der Waals surface area contributed by atoms with E-state index in [-0.39, 0.29) is 5.91 Å². The van der Waals surface area contributed by atoms with E-state index < -0.39 is 0 Å². The lowest BCUT2D eigenvalue weighted by atomic mass is 10.1. The molecule has 140 valence electrons. The van der Waals surface area contributed by atoms with Crippen LogP contribution in [0.4, 0.5) is 5.13 Å². The Labute approximate surface area is 165 Å². The average molecular weight is 391 g/mol. The highest BCUT2D eigenvalue weighted by molar-refractivity contribution is 7.14. The van der Waals surface area contributed by atoms with Crippen molar-refractivity contribution < 1.29 is 9.53 Å². The molecule has 0 radical (unpaired) electrons. The molecular weight excluding hydrogens is 374 g/mol. The van der Waals surface area contributed by atoms with Gasteiger partial charge in [-0.25, -0.2) is 4.98 Å². The van der Waals surface area contributed by atoms with Crippen molar-refractivity contribution >= 4 is 22.4 Å². The molecule has 0 spiro atoms. The quantitative estimate of drug-likeness (QED) is 0.558. The van der Waals surface area contributed by atoms with Gasteiger partial charge in [-0.1, -0.05) is 6.07 Å². The van der Waals surface area contributed by atoms with Gasteiger partial charge in [-0.05, 0) is 42.5 Å². The topological polar surface area (TPSA) is 81.9 Å². The van der Waals surface area contributed by atoms with Gasteiger partial charge in [-0.2, -0.15) is 5.10 Å². The lowest BCUT2D eigenvalue weighted by molar-refractivity contribution is 0.102. The molecule has 4 aromatic rings. The number of hydrogen-bond donors (Lipinski definition) is 1. The highest BCUT2D eigenvalue weighted by Crippen LogP contribution is 2.25. The van der Waals surface area contributed by atoms with Gasteiger partial charge in [-0.3, -0.25) is 19.8 Å². The van der Waals surface area contributed by atoms with Crippen molar-refractivity contribution in [2.75, 3.05) is 12.4 Å². The fourth-order valence-electron chi connectivity index (χ4n) is 2.73. The molecule has 3 heterocycles. The molecule has 0 aliphatic rings. The Morgan fingerprint density at radius 2 is 1.96 bits per heavy atom. The number of rotatable bonds is 5. The van der Waals surface area contributed by atoms with E-state index in [2.05, 4.69) is 20.4 Å². The molecule has 0 saturated carbocycles. The Kier molecular flexibility index (Phi) is 4.86. The van der Waals surface area contributed by atoms with Crippen molar-refractivity contribution in [3.8, 4) is 28.4 Å². The van der Waals surface area contributed by atoms with Gasteiger partial charge >= 0.3 is 0 Å². The number of benzene rings is 1. The van der Waals surface area contributed by atoms with E-state index in [9.17, 15) is 4.79 Å². The first-order valence-corrected chi connectivity index (χ1v) is 9.39. The van der Waals surface area contributed by atoms with Crippen molar-refractivity contribution in [1.82, 2.24) is 19.7 Å². The highest BCUT2D eigenvalue weighted by Gasteiger charge is 2.16.